The highest BCUT2D eigenvalue weighted by Crippen LogP contribution is 2.33. The second kappa shape index (κ2) is 4.44. The van der Waals surface area contributed by atoms with E-state index in [1.165, 1.54) is 12.3 Å². The Hall–Kier alpha value is -1.43. The maximum absolute atomic E-state index is 13.8. The lowest BCUT2D eigenvalue weighted by Gasteiger charge is -2.11. The van der Waals surface area contributed by atoms with E-state index in [2.05, 4.69) is 26.2 Å². The van der Waals surface area contributed by atoms with Crippen molar-refractivity contribution >= 4 is 38.2 Å². The zero-order valence-electron chi connectivity index (χ0n) is 9.02. The summed E-state index contributed by atoms with van der Waals surface area (Å²) >= 11 is 2.84. The molecule has 90 valence electrons. The highest BCUT2D eigenvalue weighted by molar-refractivity contribution is 9.10. The molecule has 6 heteroatoms. The van der Waals surface area contributed by atoms with Crippen molar-refractivity contribution in [2.45, 2.75) is 6.92 Å². The SMILES string of the molecule is CCNc1c(N)cnc2c(F)c(Br)c(F)cc12. The molecule has 2 rings (SSSR count). The van der Waals surface area contributed by atoms with Gasteiger partial charge in [0, 0.05) is 11.9 Å². The summed E-state index contributed by atoms with van der Waals surface area (Å²) < 4.78 is 27.1. The minimum absolute atomic E-state index is 0.0865. The molecule has 1 aromatic heterocycles. The largest absolute Gasteiger partial charge is 0.396 e. The Morgan fingerprint density at radius 3 is 2.82 bits per heavy atom. The Kier molecular flexibility index (Phi) is 3.15. The topological polar surface area (TPSA) is 50.9 Å². The Morgan fingerprint density at radius 1 is 1.47 bits per heavy atom. The molecule has 0 aliphatic carbocycles. The lowest BCUT2D eigenvalue weighted by Crippen LogP contribution is -2.04. The van der Waals surface area contributed by atoms with Crippen molar-refractivity contribution in [3.63, 3.8) is 0 Å². The molecule has 3 nitrogen and oxygen atoms in total. The predicted octanol–water partition coefficient (Wildman–Crippen LogP) is 3.29. The lowest BCUT2D eigenvalue weighted by atomic mass is 10.1. The first kappa shape index (κ1) is 12.0. The van der Waals surface area contributed by atoms with Gasteiger partial charge in [0.2, 0.25) is 0 Å². The van der Waals surface area contributed by atoms with Gasteiger partial charge in [0.25, 0.3) is 0 Å². The molecule has 3 N–H and O–H groups in total. The number of anilines is 2. The van der Waals surface area contributed by atoms with Crippen LogP contribution < -0.4 is 11.1 Å². The van der Waals surface area contributed by atoms with E-state index in [1.807, 2.05) is 6.92 Å². The number of benzene rings is 1. The van der Waals surface area contributed by atoms with Crippen LogP contribution >= 0.6 is 15.9 Å². The van der Waals surface area contributed by atoms with E-state index in [9.17, 15) is 8.78 Å². The molecule has 0 bridgehead atoms. The van der Waals surface area contributed by atoms with Crippen molar-refractivity contribution < 1.29 is 8.78 Å². The van der Waals surface area contributed by atoms with E-state index >= 15 is 0 Å². The Balaban J connectivity index is 2.85. The smallest absolute Gasteiger partial charge is 0.166 e. The number of pyridine rings is 1. The lowest BCUT2D eigenvalue weighted by molar-refractivity contribution is 0.579. The molecule has 0 saturated heterocycles. The molecule has 2 aromatic rings. The molecule has 17 heavy (non-hydrogen) atoms. The summed E-state index contributed by atoms with van der Waals surface area (Å²) in [6.07, 6.45) is 1.35. The molecular formula is C11H10BrF2N3. The van der Waals surface area contributed by atoms with Crippen molar-refractivity contribution in [1.29, 1.82) is 0 Å². The van der Waals surface area contributed by atoms with Crippen LogP contribution in [0.3, 0.4) is 0 Å². The van der Waals surface area contributed by atoms with Crippen molar-refractivity contribution in [3.05, 3.63) is 28.4 Å². The third-order valence-corrected chi connectivity index (χ3v) is 3.11. The minimum Gasteiger partial charge on any atom is -0.396 e. The molecule has 0 fully saturated rings. The van der Waals surface area contributed by atoms with Crippen LogP contribution in [0.4, 0.5) is 20.2 Å². The van der Waals surface area contributed by atoms with E-state index in [0.717, 1.165) is 0 Å². The van der Waals surface area contributed by atoms with Gasteiger partial charge in [-0.25, -0.2) is 8.78 Å². The summed E-state index contributed by atoms with van der Waals surface area (Å²) in [5, 5.41) is 3.32. The highest BCUT2D eigenvalue weighted by atomic mass is 79.9. The van der Waals surface area contributed by atoms with Gasteiger partial charge in [0.1, 0.15) is 11.3 Å². The predicted molar refractivity (Wildman–Crippen MR) is 67.9 cm³/mol. The Morgan fingerprint density at radius 2 is 2.18 bits per heavy atom. The monoisotopic (exact) mass is 301 g/mol. The number of rotatable bonds is 2. The molecule has 0 aliphatic heterocycles. The zero-order valence-corrected chi connectivity index (χ0v) is 10.6. The molecule has 0 radical (unpaired) electrons. The molecule has 1 aromatic carbocycles. The van der Waals surface area contributed by atoms with Crippen LogP contribution in [0.5, 0.6) is 0 Å². The van der Waals surface area contributed by atoms with Crippen LogP contribution in [0.15, 0.2) is 16.7 Å². The average molecular weight is 302 g/mol. The van der Waals surface area contributed by atoms with Crippen LogP contribution in [0.25, 0.3) is 10.9 Å². The number of nitrogen functional groups attached to an aromatic ring is 1. The summed E-state index contributed by atoms with van der Waals surface area (Å²) in [6, 6.07) is 1.21. The van der Waals surface area contributed by atoms with Gasteiger partial charge in [0.15, 0.2) is 5.82 Å². The molecule has 0 atom stereocenters. The maximum atomic E-state index is 13.8. The van der Waals surface area contributed by atoms with Gasteiger partial charge in [-0.3, -0.25) is 4.98 Å². The van der Waals surface area contributed by atoms with Crippen molar-refractivity contribution in [2.24, 2.45) is 0 Å². The third kappa shape index (κ3) is 1.93. The fourth-order valence-electron chi connectivity index (χ4n) is 1.63. The average Bonchev–Trinajstić information content (AvgIpc) is 2.30. The van der Waals surface area contributed by atoms with Crippen molar-refractivity contribution in [1.82, 2.24) is 4.98 Å². The third-order valence-electron chi connectivity index (χ3n) is 2.38. The van der Waals surface area contributed by atoms with E-state index in [0.29, 0.717) is 23.3 Å². The summed E-state index contributed by atoms with van der Waals surface area (Å²) in [5.74, 6) is -1.40. The zero-order chi connectivity index (χ0) is 12.6. The van der Waals surface area contributed by atoms with Gasteiger partial charge in [-0.2, -0.15) is 0 Å². The first-order valence-electron chi connectivity index (χ1n) is 5.01. The van der Waals surface area contributed by atoms with Gasteiger partial charge in [-0.05, 0) is 28.9 Å². The Labute approximate surface area is 105 Å². The van der Waals surface area contributed by atoms with Crippen LogP contribution in [-0.2, 0) is 0 Å². The van der Waals surface area contributed by atoms with E-state index in [4.69, 9.17) is 5.73 Å². The quantitative estimate of drug-likeness (QED) is 0.837. The minimum atomic E-state index is -0.723. The normalized spacial score (nSPS) is 10.8. The summed E-state index contributed by atoms with van der Waals surface area (Å²) in [4.78, 5) is 3.89. The molecule has 0 aliphatic rings. The van der Waals surface area contributed by atoms with Gasteiger partial charge in [-0.1, -0.05) is 0 Å². The molecular weight excluding hydrogens is 292 g/mol. The van der Waals surface area contributed by atoms with E-state index < -0.39 is 11.6 Å². The van der Waals surface area contributed by atoms with Crippen LogP contribution in [0, 0.1) is 11.6 Å². The number of hydrogen-bond acceptors (Lipinski definition) is 3. The number of aromatic nitrogens is 1. The fourth-order valence-corrected chi connectivity index (χ4v) is 1.93. The number of nitrogens with two attached hydrogens (primary N) is 1. The van der Waals surface area contributed by atoms with E-state index in [-0.39, 0.29) is 9.99 Å². The first-order valence-corrected chi connectivity index (χ1v) is 5.81. The first-order chi connectivity index (χ1) is 8.06. The van der Waals surface area contributed by atoms with Gasteiger partial charge < -0.3 is 11.1 Å². The summed E-state index contributed by atoms with van der Waals surface area (Å²) in [7, 11) is 0. The molecule has 0 amide bonds. The maximum Gasteiger partial charge on any atom is 0.166 e. The van der Waals surface area contributed by atoms with Crippen LogP contribution in [-0.4, -0.2) is 11.5 Å². The van der Waals surface area contributed by atoms with Gasteiger partial charge >= 0.3 is 0 Å². The number of nitrogens with one attached hydrogen (secondary N) is 1. The van der Waals surface area contributed by atoms with Gasteiger partial charge in [0.05, 0.1) is 22.0 Å². The van der Waals surface area contributed by atoms with Crippen LogP contribution in [0.2, 0.25) is 0 Å². The summed E-state index contributed by atoms with van der Waals surface area (Å²) in [6.45, 7) is 2.47. The molecule has 0 unspecified atom stereocenters. The number of nitrogens with zero attached hydrogens (tertiary/aromatic N) is 1. The van der Waals surface area contributed by atoms with Gasteiger partial charge in [-0.15, -0.1) is 0 Å². The molecule has 0 spiro atoms. The van der Waals surface area contributed by atoms with Crippen LogP contribution in [0.1, 0.15) is 6.92 Å². The number of fused-ring (bicyclic) bond motifs is 1. The highest BCUT2D eigenvalue weighted by Gasteiger charge is 2.16. The molecule has 0 saturated carbocycles. The second-order valence-corrected chi connectivity index (χ2v) is 4.29. The number of hydrogen-bond donors (Lipinski definition) is 2. The summed E-state index contributed by atoms with van der Waals surface area (Å²) in [5.41, 5.74) is 6.68. The standard InChI is InChI=1S/C11H10BrF2N3/c1-2-16-10-5-3-6(13)8(12)9(14)11(5)17-4-7(10)15/h3-4H,2,15H2,1H3,(H,16,17). The molecule has 1 heterocycles. The Bertz CT molecular complexity index is 587. The number of halogens is 3. The second-order valence-electron chi connectivity index (χ2n) is 3.50. The van der Waals surface area contributed by atoms with Crippen molar-refractivity contribution in [2.75, 3.05) is 17.6 Å². The van der Waals surface area contributed by atoms with Crippen molar-refractivity contribution in [3.8, 4) is 0 Å². The van der Waals surface area contributed by atoms with E-state index in [1.54, 1.807) is 0 Å². The fraction of sp³-hybridized carbons (Fsp3) is 0.182.